The molecular formula is C15H32O2. The quantitative estimate of drug-likeness (QED) is 0.541. The largest absolute Gasteiger partial charge is 0.390 e. The summed E-state index contributed by atoms with van der Waals surface area (Å²) in [5.41, 5.74) is 0. The van der Waals surface area contributed by atoms with Gasteiger partial charge in [0.05, 0.1) is 12.2 Å². The lowest BCUT2D eigenvalue weighted by Gasteiger charge is -2.22. The second-order valence-corrected chi connectivity index (χ2v) is 5.28. The highest BCUT2D eigenvalue weighted by atomic mass is 16.3. The molecule has 0 aromatic rings. The Kier molecular flexibility index (Phi) is 11.0. The number of hydrogen-bond acceptors (Lipinski definition) is 2. The summed E-state index contributed by atoms with van der Waals surface area (Å²) in [5, 5.41) is 19.8. The van der Waals surface area contributed by atoms with E-state index in [-0.39, 0.29) is 0 Å². The predicted octanol–water partition coefficient (Wildman–Crippen LogP) is 3.90. The Balaban J connectivity index is 3.74. The molecule has 0 aliphatic carbocycles. The van der Waals surface area contributed by atoms with Crippen molar-refractivity contribution in [2.24, 2.45) is 5.92 Å². The van der Waals surface area contributed by atoms with Crippen molar-refractivity contribution in [2.75, 3.05) is 0 Å². The fourth-order valence-corrected chi connectivity index (χ4v) is 2.37. The van der Waals surface area contributed by atoms with Gasteiger partial charge in [-0.1, -0.05) is 65.7 Å². The summed E-state index contributed by atoms with van der Waals surface area (Å²) >= 11 is 0. The maximum Gasteiger partial charge on any atom is 0.0801 e. The van der Waals surface area contributed by atoms with Crippen LogP contribution in [0.4, 0.5) is 0 Å². The van der Waals surface area contributed by atoms with Crippen molar-refractivity contribution in [3.05, 3.63) is 0 Å². The molecule has 0 heterocycles. The summed E-state index contributed by atoms with van der Waals surface area (Å²) in [7, 11) is 0. The lowest BCUT2D eigenvalue weighted by atomic mass is 9.91. The van der Waals surface area contributed by atoms with Crippen molar-refractivity contribution in [3.8, 4) is 0 Å². The second kappa shape index (κ2) is 11.0. The number of unbranched alkanes of at least 4 members (excludes halogenated alkanes) is 3. The van der Waals surface area contributed by atoms with E-state index in [0.717, 1.165) is 38.5 Å². The molecule has 0 amide bonds. The van der Waals surface area contributed by atoms with Crippen LogP contribution in [-0.2, 0) is 0 Å². The van der Waals surface area contributed by atoms with E-state index in [0.29, 0.717) is 5.92 Å². The Morgan fingerprint density at radius 1 is 0.765 bits per heavy atom. The first-order chi connectivity index (χ1) is 8.15. The van der Waals surface area contributed by atoms with Crippen molar-refractivity contribution >= 4 is 0 Å². The van der Waals surface area contributed by atoms with Crippen LogP contribution < -0.4 is 0 Å². The van der Waals surface area contributed by atoms with Gasteiger partial charge in [-0.05, 0) is 18.8 Å². The van der Waals surface area contributed by atoms with Crippen molar-refractivity contribution in [3.63, 3.8) is 0 Å². The highest BCUT2D eigenvalue weighted by Gasteiger charge is 2.19. The molecule has 0 saturated carbocycles. The molecule has 2 N–H and O–H groups in total. The molecule has 0 aliphatic heterocycles. The Morgan fingerprint density at radius 2 is 1.47 bits per heavy atom. The van der Waals surface area contributed by atoms with Gasteiger partial charge in [0.1, 0.15) is 0 Å². The minimum Gasteiger partial charge on any atom is -0.390 e. The maximum atomic E-state index is 9.95. The molecule has 0 saturated heterocycles. The fraction of sp³-hybridized carbons (Fsp3) is 1.00. The third-order valence-corrected chi connectivity index (χ3v) is 3.65. The SMILES string of the molecule is CCCCCCC(O)C(O)CC(CC)CCC. The molecule has 0 aromatic carbocycles. The summed E-state index contributed by atoms with van der Waals surface area (Å²) in [5.74, 6) is 0.570. The Bertz CT molecular complexity index is 159. The minimum atomic E-state index is -0.520. The van der Waals surface area contributed by atoms with Crippen molar-refractivity contribution in [2.45, 2.75) is 90.8 Å². The molecule has 0 bridgehead atoms. The van der Waals surface area contributed by atoms with Crippen LogP contribution in [0.5, 0.6) is 0 Å². The zero-order valence-electron chi connectivity index (χ0n) is 12.0. The molecule has 2 heteroatoms. The van der Waals surface area contributed by atoms with Crippen LogP contribution in [0.2, 0.25) is 0 Å². The Labute approximate surface area is 107 Å². The van der Waals surface area contributed by atoms with Gasteiger partial charge in [0.25, 0.3) is 0 Å². The Hall–Kier alpha value is -0.0800. The summed E-state index contributed by atoms with van der Waals surface area (Å²) in [4.78, 5) is 0. The molecular weight excluding hydrogens is 212 g/mol. The van der Waals surface area contributed by atoms with E-state index < -0.39 is 12.2 Å². The molecule has 3 unspecified atom stereocenters. The molecule has 0 spiro atoms. The first-order valence-corrected chi connectivity index (χ1v) is 7.51. The normalized spacial score (nSPS) is 16.8. The first-order valence-electron chi connectivity index (χ1n) is 7.51. The van der Waals surface area contributed by atoms with Crippen LogP contribution in [0.1, 0.15) is 78.6 Å². The van der Waals surface area contributed by atoms with Gasteiger partial charge in [0.15, 0.2) is 0 Å². The third kappa shape index (κ3) is 8.62. The smallest absolute Gasteiger partial charge is 0.0801 e. The number of hydrogen-bond donors (Lipinski definition) is 2. The zero-order valence-corrected chi connectivity index (χ0v) is 12.0. The predicted molar refractivity (Wildman–Crippen MR) is 74.1 cm³/mol. The van der Waals surface area contributed by atoms with Crippen LogP contribution in [0.25, 0.3) is 0 Å². The minimum absolute atomic E-state index is 0.516. The van der Waals surface area contributed by atoms with Gasteiger partial charge in [-0.15, -0.1) is 0 Å². The third-order valence-electron chi connectivity index (χ3n) is 3.65. The molecule has 0 aliphatic rings. The van der Waals surface area contributed by atoms with E-state index in [9.17, 15) is 10.2 Å². The van der Waals surface area contributed by atoms with E-state index >= 15 is 0 Å². The van der Waals surface area contributed by atoms with Crippen LogP contribution in [-0.4, -0.2) is 22.4 Å². The number of aliphatic hydroxyl groups is 2. The van der Waals surface area contributed by atoms with Crippen LogP contribution >= 0.6 is 0 Å². The standard InChI is InChI=1S/C15H32O2/c1-4-7-8-9-11-14(16)15(17)12-13(6-3)10-5-2/h13-17H,4-12H2,1-3H3. The molecule has 104 valence electrons. The molecule has 2 nitrogen and oxygen atoms in total. The average Bonchev–Trinajstić information content (AvgIpc) is 2.33. The molecule has 3 atom stereocenters. The topological polar surface area (TPSA) is 40.5 Å². The molecule has 0 fully saturated rings. The van der Waals surface area contributed by atoms with Crippen molar-refractivity contribution in [1.29, 1.82) is 0 Å². The van der Waals surface area contributed by atoms with Gasteiger partial charge >= 0.3 is 0 Å². The second-order valence-electron chi connectivity index (χ2n) is 5.28. The summed E-state index contributed by atoms with van der Waals surface area (Å²) in [6.45, 7) is 6.53. The van der Waals surface area contributed by atoms with E-state index in [2.05, 4.69) is 20.8 Å². The summed E-state index contributed by atoms with van der Waals surface area (Å²) in [6, 6.07) is 0. The van der Waals surface area contributed by atoms with E-state index in [1.54, 1.807) is 0 Å². The summed E-state index contributed by atoms with van der Waals surface area (Å²) in [6.07, 6.45) is 8.57. The van der Waals surface area contributed by atoms with Gasteiger partial charge in [0.2, 0.25) is 0 Å². The Morgan fingerprint density at radius 3 is 2.00 bits per heavy atom. The van der Waals surface area contributed by atoms with Gasteiger partial charge in [-0.2, -0.15) is 0 Å². The fourth-order valence-electron chi connectivity index (χ4n) is 2.37. The first kappa shape index (κ1) is 16.9. The van der Waals surface area contributed by atoms with Crippen LogP contribution in [0.3, 0.4) is 0 Å². The molecule has 0 aromatic heterocycles. The molecule has 0 radical (unpaired) electrons. The monoisotopic (exact) mass is 244 g/mol. The van der Waals surface area contributed by atoms with E-state index in [4.69, 9.17) is 0 Å². The van der Waals surface area contributed by atoms with Gasteiger partial charge < -0.3 is 10.2 Å². The van der Waals surface area contributed by atoms with Gasteiger partial charge in [0, 0.05) is 0 Å². The summed E-state index contributed by atoms with van der Waals surface area (Å²) < 4.78 is 0. The maximum absolute atomic E-state index is 9.95. The lowest BCUT2D eigenvalue weighted by molar-refractivity contribution is -0.00181. The molecule has 0 rings (SSSR count). The van der Waals surface area contributed by atoms with Gasteiger partial charge in [-0.25, -0.2) is 0 Å². The highest BCUT2D eigenvalue weighted by molar-refractivity contribution is 4.71. The highest BCUT2D eigenvalue weighted by Crippen LogP contribution is 2.20. The molecule has 17 heavy (non-hydrogen) atoms. The lowest BCUT2D eigenvalue weighted by Crippen LogP contribution is -2.28. The van der Waals surface area contributed by atoms with E-state index in [1.165, 1.54) is 19.3 Å². The van der Waals surface area contributed by atoms with Gasteiger partial charge in [-0.3, -0.25) is 0 Å². The van der Waals surface area contributed by atoms with Crippen LogP contribution in [0.15, 0.2) is 0 Å². The van der Waals surface area contributed by atoms with E-state index in [1.807, 2.05) is 0 Å². The van der Waals surface area contributed by atoms with Crippen molar-refractivity contribution in [1.82, 2.24) is 0 Å². The van der Waals surface area contributed by atoms with Crippen LogP contribution in [0, 0.1) is 5.92 Å². The average molecular weight is 244 g/mol. The van der Waals surface area contributed by atoms with Crippen molar-refractivity contribution < 1.29 is 10.2 Å². The number of aliphatic hydroxyl groups excluding tert-OH is 2. The number of rotatable bonds is 11. The zero-order chi connectivity index (χ0) is 13.1.